The number of hydrogen-bond acceptors (Lipinski definition) is 0. The number of hydrogen-bond donors (Lipinski definition) is 0. The zero-order valence-electron chi connectivity index (χ0n) is 83.7. The molecule has 13 fully saturated rings. The third kappa shape index (κ3) is 36.9. The first-order chi connectivity index (χ1) is 48.3. The van der Waals surface area contributed by atoms with Gasteiger partial charge in [-0.05, 0) is 354 Å². The van der Waals surface area contributed by atoms with Gasteiger partial charge in [0.2, 0.25) is 0 Å². The Hall–Kier alpha value is 0. The number of fused-ring (bicyclic) bond motifs is 6. The van der Waals surface area contributed by atoms with Crippen LogP contribution in [0.5, 0.6) is 0 Å². The lowest BCUT2D eigenvalue weighted by Crippen LogP contribution is -2.38. The molecule has 0 aromatic heterocycles. The minimum atomic E-state index is 0. The van der Waals surface area contributed by atoms with Crippen LogP contribution >= 0.6 is 0 Å². The summed E-state index contributed by atoms with van der Waals surface area (Å²) < 4.78 is 0. The molecule has 0 amide bonds. The van der Waals surface area contributed by atoms with E-state index in [1.165, 1.54) is 167 Å². The van der Waals surface area contributed by atoms with Gasteiger partial charge >= 0.3 is 0 Å². The van der Waals surface area contributed by atoms with Crippen LogP contribution in [0.2, 0.25) is 0 Å². The molecule has 0 N–H and O–H groups in total. The first-order valence-corrected chi connectivity index (χ1v) is 48.3. The van der Waals surface area contributed by atoms with Gasteiger partial charge in [-0.1, -0.05) is 411 Å². The van der Waals surface area contributed by atoms with Crippen LogP contribution in [0.4, 0.5) is 0 Å². The van der Waals surface area contributed by atoms with Crippen molar-refractivity contribution in [1.29, 1.82) is 0 Å². The van der Waals surface area contributed by atoms with Crippen molar-refractivity contribution in [1.82, 2.24) is 0 Å². The van der Waals surface area contributed by atoms with Gasteiger partial charge in [0.05, 0.1) is 0 Å². The van der Waals surface area contributed by atoms with Crippen LogP contribution in [0, 0.1) is 187 Å². The van der Waals surface area contributed by atoms with Gasteiger partial charge in [0.15, 0.2) is 0 Å². The largest absolute Gasteiger partial charge is 0.0776 e. The lowest BCUT2D eigenvalue weighted by molar-refractivity contribution is 0.0202. The molecule has 0 aromatic carbocycles. The topological polar surface area (TPSA) is 0 Å². The van der Waals surface area contributed by atoms with E-state index in [1.807, 2.05) is 0 Å². The maximum atomic E-state index is 2.46. The zero-order chi connectivity index (χ0) is 83.7. The van der Waals surface area contributed by atoms with Crippen LogP contribution in [0.15, 0.2) is 0 Å². The van der Waals surface area contributed by atoms with Gasteiger partial charge in [-0.25, -0.2) is 0 Å². The first-order valence-electron chi connectivity index (χ1n) is 48.3. The van der Waals surface area contributed by atoms with Gasteiger partial charge in [0, 0.05) is 0 Å². The van der Waals surface area contributed by atoms with E-state index in [4.69, 9.17) is 0 Å². The molecule has 0 aromatic rings. The second kappa shape index (κ2) is 48.1. The van der Waals surface area contributed by atoms with Crippen LogP contribution in [0.25, 0.3) is 0 Å². The van der Waals surface area contributed by atoms with Crippen molar-refractivity contribution < 1.29 is 0 Å². The van der Waals surface area contributed by atoms with Crippen molar-refractivity contribution in [3.05, 3.63) is 0 Å². The van der Waals surface area contributed by atoms with Crippen molar-refractivity contribution in [2.45, 2.75) is 578 Å². The predicted octanol–water partition coefficient (Wildman–Crippen LogP) is 43.0. The molecular formula is C118H250. The summed E-state index contributed by atoms with van der Waals surface area (Å²) in [5.41, 5.74) is 9.76. The monoisotopic (exact) mass is 1670 g/mol. The summed E-state index contributed by atoms with van der Waals surface area (Å²) in [6.45, 7) is 106. The molecule has 10 atom stereocenters. The molecular weight excluding hydrogens is 1420 g/mol. The highest BCUT2D eigenvalue weighted by Crippen LogP contribution is 2.64. The molecule has 0 heteroatoms. The Labute approximate surface area is 759 Å². The van der Waals surface area contributed by atoms with Crippen molar-refractivity contribution in [2.24, 2.45) is 187 Å². The SMILES string of the molecule is C.C.C.C.C.C.C.C.C.C.CC(C)C1C(C)(C)CCC1(C)C.CC1(C)CC(C)(C)CC(C)(C)C1.CC1C2CCC(C2)[C@H]1C.CC1CC(C)(C)CC(C)(C)C1.CCC1(C)CC(C)(C)C(C)(C)C1.CCC1C(C)(C)CCC1(C)C.CCC1CC(C)(C)C(C)(C)C1.CCC1CC(C)(C)CC(C)(C)C1.C[C@@H]1C2CCC(C2)C1(C)C.C[C@H]1CC2CCC1C2. The summed E-state index contributed by atoms with van der Waals surface area (Å²) in [6.07, 6.45) is 44.7. The van der Waals surface area contributed by atoms with E-state index in [9.17, 15) is 0 Å². The highest BCUT2D eigenvalue weighted by Gasteiger charge is 2.54. The molecule has 0 aliphatic heterocycles. The van der Waals surface area contributed by atoms with Crippen molar-refractivity contribution >= 4 is 0 Å². The minimum Gasteiger partial charge on any atom is -0.0776 e. The summed E-state index contributed by atoms with van der Waals surface area (Å²) in [6, 6.07) is 0. The third-order valence-corrected chi connectivity index (χ3v) is 36.1. The van der Waals surface area contributed by atoms with Gasteiger partial charge in [-0.15, -0.1) is 0 Å². The molecule has 13 aliphatic rings. The van der Waals surface area contributed by atoms with E-state index in [0.29, 0.717) is 92.1 Å². The quantitative estimate of drug-likeness (QED) is 0.257. The summed E-state index contributed by atoms with van der Waals surface area (Å²) in [5, 5.41) is 0. The van der Waals surface area contributed by atoms with Gasteiger partial charge in [0.1, 0.15) is 0 Å². The van der Waals surface area contributed by atoms with E-state index in [0.717, 1.165) is 94.7 Å². The average Bonchev–Trinajstić information content (AvgIpc) is 1.65. The van der Waals surface area contributed by atoms with Crippen LogP contribution in [0.3, 0.4) is 0 Å². The van der Waals surface area contributed by atoms with Crippen molar-refractivity contribution in [3.8, 4) is 0 Å². The predicted molar refractivity (Wildman–Crippen MR) is 557 cm³/mol. The fourth-order valence-electron chi connectivity index (χ4n) is 31.6. The molecule has 722 valence electrons. The molecule has 6 bridgehead atoms. The second-order valence-electron chi connectivity index (χ2n) is 55.2. The standard InChI is InChI=1S/4C12H24.3C11H22.C10H18.C9H16.C8H14.10CH4/c1-10(2)7-11(3,4)9-12(5,6)8-10;1-9(2)10-11(3,4)7-8-12(10,5)6;1-7-12(6)8-10(2,3)11(4,5)9-12;1-6-10-7-11(2,3)9-12(4,5)8-10;1-9-6-10(2,3)8-11(4,5)7-9;1-6-9-7-10(2,3)11(4,5)8-9;1-6-9-10(2,3)7-8-11(9,4)5;1-7-8-4-5-9(6-8)10(7,2)3;1-6-7(2)9-4-3-8(6)5-9;1-6-4-7-2-3-8(6)5-7;;;;;;;;;;/h7-9H2,1-6H3;9-10H,7-8H2,1-6H3;7-9H2,1-6H3;10H,6-9H2,1-5H3;3*9H,6-8H2,1-5H3;7-9H,4-6H2,1-3H3;6-9H,3-5H2,1-2H3;6-8H,2-5H2,1H3;10*1H4/t;;;;;;;7-,8?,9?;6-,7?,8?,9?;6-,7?,8?;;;;;;;;;;/m.......100........../s1. The highest BCUT2D eigenvalue weighted by atomic mass is 14.6. The van der Waals surface area contributed by atoms with Gasteiger partial charge in [0.25, 0.3) is 0 Å². The molecule has 0 heterocycles. The lowest BCUT2D eigenvalue weighted by Gasteiger charge is -2.49. The summed E-state index contributed by atoms with van der Waals surface area (Å²) in [7, 11) is 0. The molecule has 0 saturated heterocycles. The zero-order valence-corrected chi connectivity index (χ0v) is 83.7. The highest BCUT2D eigenvalue weighted by molar-refractivity contribution is 5.04. The minimum absolute atomic E-state index is 0. The van der Waals surface area contributed by atoms with Gasteiger partial charge < -0.3 is 0 Å². The summed E-state index contributed by atoms with van der Waals surface area (Å²) >= 11 is 0. The Morgan fingerprint density at radius 3 is 0.797 bits per heavy atom. The summed E-state index contributed by atoms with van der Waals surface area (Å²) in [5.74, 6) is 16.4. The molecule has 118 heavy (non-hydrogen) atoms. The normalized spacial score (nSPS) is 32.5. The van der Waals surface area contributed by atoms with E-state index in [2.05, 4.69) is 305 Å². The van der Waals surface area contributed by atoms with Gasteiger partial charge in [-0.2, -0.15) is 0 Å². The fraction of sp³-hybridized carbons (Fsp3) is 1.00. The Morgan fingerprint density at radius 2 is 0.602 bits per heavy atom. The van der Waals surface area contributed by atoms with Crippen LogP contribution < -0.4 is 0 Å². The second-order valence-corrected chi connectivity index (χ2v) is 55.2. The molecule has 0 radical (unpaired) electrons. The molecule has 0 nitrogen and oxygen atoms in total. The maximum Gasteiger partial charge on any atom is -0.0288 e. The van der Waals surface area contributed by atoms with E-state index in [1.54, 1.807) is 32.1 Å². The Balaban J connectivity index is -0.000000230. The van der Waals surface area contributed by atoms with Gasteiger partial charge in [-0.3, -0.25) is 0 Å². The average molecular weight is 1670 g/mol. The third-order valence-electron chi connectivity index (χ3n) is 36.1. The Kier molecular flexibility index (Phi) is 53.4. The molecule has 13 rings (SSSR count). The first kappa shape index (κ1) is 131. The summed E-state index contributed by atoms with van der Waals surface area (Å²) in [4.78, 5) is 0. The Morgan fingerprint density at radius 1 is 0.288 bits per heavy atom. The van der Waals surface area contributed by atoms with Crippen LogP contribution in [-0.2, 0) is 0 Å². The van der Waals surface area contributed by atoms with Crippen LogP contribution in [0.1, 0.15) is 578 Å². The molecule has 7 unspecified atom stereocenters. The van der Waals surface area contributed by atoms with E-state index < -0.39 is 0 Å². The number of rotatable bonds is 5. The van der Waals surface area contributed by atoms with Crippen molar-refractivity contribution in [3.63, 3.8) is 0 Å². The van der Waals surface area contributed by atoms with E-state index in [-0.39, 0.29) is 74.3 Å². The Bertz CT molecular complexity index is 2480. The maximum absolute atomic E-state index is 2.46. The van der Waals surface area contributed by atoms with E-state index >= 15 is 0 Å². The lowest BCUT2D eigenvalue weighted by atomic mass is 9.56. The van der Waals surface area contributed by atoms with Crippen molar-refractivity contribution in [2.75, 3.05) is 0 Å². The molecule has 0 spiro atoms. The molecule has 13 saturated carbocycles. The fourth-order valence-corrected chi connectivity index (χ4v) is 31.6. The smallest absolute Gasteiger partial charge is 0.0288 e. The van der Waals surface area contributed by atoms with Crippen LogP contribution in [-0.4, -0.2) is 0 Å². The molecule has 13 aliphatic carbocycles.